The number of carbonyl (C=O) groups excluding carboxylic acids is 5. The average Bonchev–Trinajstić information content (AvgIpc) is 3.79. The summed E-state index contributed by atoms with van der Waals surface area (Å²) in [7, 11) is 0. The van der Waals surface area contributed by atoms with Gasteiger partial charge in [0.15, 0.2) is 5.78 Å². The molecule has 1 saturated carbocycles. The number of alkyl carbamates (subject to hydrolysis) is 1. The fourth-order valence-corrected chi connectivity index (χ4v) is 4.68. The first-order valence-corrected chi connectivity index (χ1v) is 16.1. The number of nitriles is 1. The van der Waals surface area contributed by atoms with E-state index < -0.39 is 72.3 Å². The van der Waals surface area contributed by atoms with E-state index >= 15 is 4.39 Å². The molecular weight excluding hydrogens is 653 g/mol. The third-order valence-corrected chi connectivity index (χ3v) is 7.49. The Balaban J connectivity index is 1.64. The Morgan fingerprint density at radius 1 is 1.06 bits per heavy atom. The summed E-state index contributed by atoms with van der Waals surface area (Å²) < 4.78 is 37.0. The third-order valence-electron chi connectivity index (χ3n) is 7.49. The van der Waals surface area contributed by atoms with E-state index in [1.165, 1.54) is 38.2 Å². The predicted octanol–water partition coefficient (Wildman–Crippen LogP) is 5.36. The summed E-state index contributed by atoms with van der Waals surface area (Å²) in [6.07, 6.45) is 0.939. The standard InChI is InChI=1S/C35H44FN5O9/c1-9-25(42)21-11-12-23(36)27(22-14-24(22)39-32(45)40-26-13-10-20(15-37)16-38-26)29(21)48-18-49-31(44)35(7,8)17-47-30(43)28(19(2)3)41-33(46)50-34(4,5)6/h10-13,16,19,22,24,28H,9,14,17-18H2,1-8H3,(H,41,46)(H2,38,39,40,45)/t22?,24?,28-/m0/s1. The number of ketones is 1. The highest BCUT2D eigenvalue weighted by Gasteiger charge is 2.44. The minimum Gasteiger partial charge on any atom is -0.463 e. The Kier molecular flexibility index (Phi) is 12.9. The molecule has 1 fully saturated rings. The fraction of sp³-hybridized carbons (Fsp3) is 0.514. The van der Waals surface area contributed by atoms with Crippen LogP contribution in [-0.4, -0.2) is 65.9 Å². The van der Waals surface area contributed by atoms with Crippen LogP contribution in [0.4, 0.5) is 19.8 Å². The molecular formula is C35H44FN5O9. The van der Waals surface area contributed by atoms with Crippen LogP contribution in [0.25, 0.3) is 0 Å². The number of hydrogen-bond donors (Lipinski definition) is 3. The summed E-state index contributed by atoms with van der Waals surface area (Å²) in [5, 5.41) is 16.7. The molecule has 2 aromatic rings. The highest BCUT2D eigenvalue weighted by molar-refractivity contribution is 5.99. The van der Waals surface area contributed by atoms with E-state index in [1.807, 2.05) is 6.07 Å². The molecule has 50 heavy (non-hydrogen) atoms. The molecule has 1 aliphatic rings. The van der Waals surface area contributed by atoms with Crippen molar-refractivity contribution in [2.24, 2.45) is 11.3 Å². The number of halogens is 1. The second-order valence-corrected chi connectivity index (χ2v) is 13.8. The van der Waals surface area contributed by atoms with Gasteiger partial charge in [0, 0.05) is 30.1 Å². The van der Waals surface area contributed by atoms with Crippen LogP contribution in [-0.2, 0) is 23.8 Å². The molecule has 0 saturated heterocycles. The number of Topliss-reactive ketones (excluding diaryl/α,β-unsaturated/α-hetero) is 1. The van der Waals surface area contributed by atoms with Crippen molar-refractivity contribution < 1.29 is 47.3 Å². The number of amides is 3. The maximum absolute atomic E-state index is 15.3. The van der Waals surface area contributed by atoms with Crippen LogP contribution < -0.4 is 20.7 Å². The quantitative estimate of drug-likeness (QED) is 0.0995. The summed E-state index contributed by atoms with van der Waals surface area (Å²) in [5.74, 6) is -3.40. The Bertz CT molecular complexity index is 1630. The van der Waals surface area contributed by atoms with Crippen molar-refractivity contribution in [3.63, 3.8) is 0 Å². The second kappa shape index (κ2) is 16.4. The number of nitrogens with zero attached hydrogens (tertiary/aromatic N) is 2. The topological polar surface area (TPSA) is 195 Å². The molecule has 3 rings (SSSR count). The van der Waals surface area contributed by atoms with Crippen molar-refractivity contribution in [2.45, 2.75) is 91.8 Å². The van der Waals surface area contributed by atoms with Gasteiger partial charge >= 0.3 is 24.1 Å². The van der Waals surface area contributed by atoms with Crippen molar-refractivity contribution >= 4 is 35.7 Å². The lowest BCUT2D eigenvalue weighted by molar-refractivity contribution is -0.167. The Morgan fingerprint density at radius 2 is 1.76 bits per heavy atom. The molecule has 1 heterocycles. The lowest BCUT2D eigenvalue weighted by Gasteiger charge is -2.27. The van der Waals surface area contributed by atoms with Crippen LogP contribution in [0.1, 0.15) is 95.6 Å². The molecule has 0 bridgehead atoms. The summed E-state index contributed by atoms with van der Waals surface area (Å²) in [6.45, 7) is 12.0. The SMILES string of the molecule is CCC(=O)c1ccc(F)c(C2CC2NC(=O)Nc2ccc(C#N)cn2)c1OCOC(=O)C(C)(C)COC(=O)[C@@H](NC(=O)OC(C)(C)C)C(C)C. The van der Waals surface area contributed by atoms with Gasteiger partial charge in [-0.15, -0.1) is 0 Å². The van der Waals surface area contributed by atoms with Gasteiger partial charge in [-0.05, 0) is 71.2 Å². The highest BCUT2D eigenvalue weighted by Crippen LogP contribution is 2.47. The first-order valence-electron chi connectivity index (χ1n) is 16.1. The fourth-order valence-electron chi connectivity index (χ4n) is 4.68. The van der Waals surface area contributed by atoms with Crippen molar-refractivity contribution in [1.82, 2.24) is 15.6 Å². The van der Waals surface area contributed by atoms with Gasteiger partial charge in [-0.2, -0.15) is 5.26 Å². The van der Waals surface area contributed by atoms with E-state index in [1.54, 1.807) is 41.5 Å². The Morgan fingerprint density at radius 3 is 2.34 bits per heavy atom. The van der Waals surface area contributed by atoms with Crippen molar-refractivity contribution in [3.05, 3.63) is 53.0 Å². The van der Waals surface area contributed by atoms with E-state index in [4.69, 9.17) is 24.2 Å². The molecule has 0 radical (unpaired) electrons. The maximum atomic E-state index is 15.3. The summed E-state index contributed by atoms with van der Waals surface area (Å²) in [4.78, 5) is 67.5. The van der Waals surface area contributed by atoms with Gasteiger partial charge < -0.3 is 29.6 Å². The summed E-state index contributed by atoms with van der Waals surface area (Å²) in [6, 6.07) is 5.17. The molecule has 2 unspecified atom stereocenters. The number of urea groups is 1. The van der Waals surface area contributed by atoms with Crippen LogP contribution in [0.3, 0.4) is 0 Å². The number of anilines is 1. The molecule has 14 nitrogen and oxygen atoms in total. The molecule has 270 valence electrons. The van der Waals surface area contributed by atoms with Gasteiger partial charge in [0.1, 0.15) is 41.7 Å². The molecule has 15 heteroatoms. The van der Waals surface area contributed by atoms with Crippen LogP contribution in [0, 0.1) is 28.5 Å². The largest absolute Gasteiger partial charge is 0.463 e. The van der Waals surface area contributed by atoms with E-state index in [-0.39, 0.29) is 40.8 Å². The van der Waals surface area contributed by atoms with E-state index in [0.29, 0.717) is 12.0 Å². The normalized spacial score (nSPS) is 15.9. The van der Waals surface area contributed by atoms with Gasteiger partial charge in [-0.3, -0.25) is 14.9 Å². The van der Waals surface area contributed by atoms with Gasteiger partial charge in [-0.1, -0.05) is 20.8 Å². The minimum atomic E-state index is -1.36. The van der Waals surface area contributed by atoms with E-state index in [0.717, 1.165) is 6.07 Å². The average molecular weight is 698 g/mol. The number of pyridine rings is 1. The first-order chi connectivity index (χ1) is 23.4. The smallest absolute Gasteiger partial charge is 0.408 e. The lowest BCUT2D eigenvalue weighted by atomic mass is 9.95. The molecule has 3 amide bonds. The van der Waals surface area contributed by atoms with Gasteiger partial charge in [0.25, 0.3) is 0 Å². The van der Waals surface area contributed by atoms with Gasteiger partial charge in [-0.25, -0.2) is 23.8 Å². The molecule has 1 aromatic heterocycles. The van der Waals surface area contributed by atoms with Crippen LogP contribution in [0.15, 0.2) is 30.5 Å². The van der Waals surface area contributed by atoms with Crippen LogP contribution in [0.5, 0.6) is 5.75 Å². The van der Waals surface area contributed by atoms with Crippen molar-refractivity contribution in [2.75, 3.05) is 18.7 Å². The molecule has 0 aliphatic heterocycles. The minimum absolute atomic E-state index is 0.0487. The highest BCUT2D eigenvalue weighted by atomic mass is 19.1. The molecule has 1 aromatic carbocycles. The number of esters is 2. The van der Waals surface area contributed by atoms with Gasteiger partial charge in [0.2, 0.25) is 6.79 Å². The number of aromatic nitrogens is 1. The van der Waals surface area contributed by atoms with Gasteiger partial charge in [0.05, 0.1) is 16.5 Å². The van der Waals surface area contributed by atoms with E-state index in [2.05, 4.69) is 20.9 Å². The summed E-state index contributed by atoms with van der Waals surface area (Å²) in [5.41, 5.74) is -1.68. The number of carbonyl (C=O) groups is 5. The molecule has 1 aliphatic carbocycles. The monoisotopic (exact) mass is 697 g/mol. The van der Waals surface area contributed by atoms with Crippen molar-refractivity contribution in [3.8, 4) is 11.8 Å². The summed E-state index contributed by atoms with van der Waals surface area (Å²) >= 11 is 0. The first kappa shape index (κ1) is 39.2. The molecule has 0 spiro atoms. The number of ether oxygens (including phenoxy) is 4. The van der Waals surface area contributed by atoms with Crippen LogP contribution in [0.2, 0.25) is 0 Å². The number of nitrogens with one attached hydrogen (secondary N) is 3. The Hall–Kier alpha value is -5.26. The van der Waals surface area contributed by atoms with Crippen LogP contribution >= 0.6 is 0 Å². The number of hydrogen-bond acceptors (Lipinski definition) is 11. The lowest BCUT2D eigenvalue weighted by Crippen LogP contribution is -2.48. The zero-order valence-corrected chi connectivity index (χ0v) is 29.5. The number of rotatable bonds is 14. The number of benzene rings is 1. The molecule has 3 atom stereocenters. The molecule has 3 N–H and O–H groups in total. The maximum Gasteiger partial charge on any atom is 0.408 e. The third kappa shape index (κ3) is 10.9. The Labute approximate surface area is 290 Å². The van der Waals surface area contributed by atoms with E-state index in [9.17, 15) is 24.0 Å². The van der Waals surface area contributed by atoms with Crippen molar-refractivity contribution in [1.29, 1.82) is 5.26 Å². The zero-order valence-electron chi connectivity index (χ0n) is 29.5. The second-order valence-electron chi connectivity index (χ2n) is 13.8. The predicted molar refractivity (Wildman–Crippen MR) is 178 cm³/mol. The zero-order chi connectivity index (χ0) is 37.4.